The molecular weight excluding hydrogens is 283 g/mol. The van der Waals surface area contributed by atoms with Crippen LogP contribution in [-0.2, 0) is 22.4 Å². The first-order valence-corrected chi connectivity index (χ1v) is 7.08. The smallest absolute Gasteiger partial charge is 0.240 e. The maximum absolute atomic E-state index is 13.3. The molecule has 22 heavy (non-hydrogen) atoms. The van der Waals surface area contributed by atoms with Gasteiger partial charge in [0.05, 0.1) is 0 Å². The van der Waals surface area contributed by atoms with Gasteiger partial charge in [-0.05, 0) is 42.2 Å². The fourth-order valence-corrected chi connectivity index (χ4v) is 3.24. The van der Waals surface area contributed by atoms with Crippen LogP contribution in [0.3, 0.4) is 0 Å². The van der Waals surface area contributed by atoms with Gasteiger partial charge in [-0.15, -0.1) is 0 Å². The number of anilines is 2. The van der Waals surface area contributed by atoms with E-state index in [1.54, 1.807) is 6.07 Å². The van der Waals surface area contributed by atoms with Crippen molar-refractivity contribution in [2.75, 3.05) is 10.6 Å². The Hall–Kier alpha value is -2.69. The van der Waals surface area contributed by atoms with E-state index < -0.39 is 11.2 Å². The fraction of sp³-hybridized carbons (Fsp3) is 0.176. The summed E-state index contributed by atoms with van der Waals surface area (Å²) >= 11 is 0. The first kappa shape index (κ1) is 13.0. The molecule has 0 fully saturated rings. The molecule has 0 aliphatic carbocycles. The van der Waals surface area contributed by atoms with Crippen LogP contribution in [0.4, 0.5) is 15.8 Å². The molecule has 2 aromatic rings. The van der Waals surface area contributed by atoms with Gasteiger partial charge in [0.1, 0.15) is 11.2 Å². The summed E-state index contributed by atoms with van der Waals surface area (Å²) in [6.45, 7) is 0. The Balaban J connectivity index is 1.80. The van der Waals surface area contributed by atoms with E-state index in [0.717, 1.165) is 16.8 Å². The third-order valence-electron chi connectivity index (χ3n) is 4.44. The average molecular weight is 296 g/mol. The van der Waals surface area contributed by atoms with E-state index >= 15 is 0 Å². The van der Waals surface area contributed by atoms with Crippen molar-refractivity contribution in [3.8, 4) is 0 Å². The highest BCUT2D eigenvalue weighted by Crippen LogP contribution is 2.41. The van der Waals surface area contributed by atoms with E-state index in [1.807, 2.05) is 24.3 Å². The van der Waals surface area contributed by atoms with Crippen molar-refractivity contribution in [3.63, 3.8) is 0 Å². The predicted molar refractivity (Wildman–Crippen MR) is 79.9 cm³/mol. The lowest BCUT2D eigenvalue weighted by Crippen LogP contribution is -2.53. The van der Waals surface area contributed by atoms with E-state index in [9.17, 15) is 14.0 Å². The normalized spacial score (nSPS) is 22.6. The molecule has 2 aliphatic heterocycles. The number of benzene rings is 2. The molecule has 2 heterocycles. The summed E-state index contributed by atoms with van der Waals surface area (Å²) in [6, 6.07) is 11.7. The molecule has 0 saturated carbocycles. The Bertz CT molecular complexity index is 818. The van der Waals surface area contributed by atoms with Crippen LogP contribution < -0.4 is 10.6 Å². The van der Waals surface area contributed by atoms with Gasteiger partial charge in [0.25, 0.3) is 0 Å². The van der Waals surface area contributed by atoms with Gasteiger partial charge in [-0.1, -0.05) is 24.3 Å². The molecule has 0 unspecified atom stereocenters. The van der Waals surface area contributed by atoms with Crippen LogP contribution in [0.2, 0.25) is 0 Å². The van der Waals surface area contributed by atoms with Crippen molar-refractivity contribution in [1.29, 1.82) is 0 Å². The largest absolute Gasteiger partial charge is 0.325 e. The number of halogens is 1. The summed E-state index contributed by atoms with van der Waals surface area (Å²) in [4.78, 5) is 25.1. The molecule has 4 rings (SSSR count). The van der Waals surface area contributed by atoms with Crippen LogP contribution in [0.5, 0.6) is 0 Å². The van der Waals surface area contributed by atoms with E-state index in [2.05, 4.69) is 10.6 Å². The number of rotatable bonds is 0. The second-order valence-electron chi connectivity index (χ2n) is 5.80. The second kappa shape index (κ2) is 4.40. The highest BCUT2D eigenvalue weighted by Gasteiger charge is 2.51. The number of nitrogens with one attached hydrogen (secondary N) is 2. The summed E-state index contributed by atoms with van der Waals surface area (Å²) in [5.41, 5.74) is 1.73. The zero-order valence-corrected chi connectivity index (χ0v) is 11.7. The van der Waals surface area contributed by atoms with Gasteiger partial charge in [-0.25, -0.2) is 4.39 Å². The molecule has 1 spiro atoms. The maximum Gasteiger partial charge on any atom is 0.240 e. The van der Waals surface area contributed by atoms with Crippen molar-refractivity contribution in [2.45, 2.75) is 12.8 Å². The van der Waals surface area contributed by atoms with Crippen LogP contribution in [0.1, 0.15) is 11.1 Å². The van der Waals surface area contributed by atoms with Crippen molar-refractivity contribution in [2.24, 2.45) is 5.41 Å². The number of hydrogen-bond acceptors (Lipinski definition) is 2. The third-order valence-corrected chi connectivity index (χ3v) is 4.44. The fourth-order valence-electron chi connectivity index (χ4n) is 3.24. The Kier molecular flexibility index (Phi) is 2.60. The highest BCUT2D eigenvalue weighted by atomic mass is 19.1. The van der Waals surface area contributed by atoms with E-state index in [0.29, 0.717) is 12.1 Å². The standard InChI is InChI=1S/C17H13FN2O2/c18-12-6-5-11-9-17(16(22)20-14(11)7-12)8-10-3-1-2-4-13(10)19-15(17)21/h1-7H,8-9H2,(H,19,21)(H,20,22)/t17-/m0/s1. The van der Waals surface area contributed by atoms with E-state index in [-0.39, 0.29) is 18.2 Å². The molecule has 2 aliphatic rings. The summed E-state index contributed by atoms with van der Waals surface area (Å²) < 4.78 is 13.3. The Morgan fingerprint density at radius 2 is 1.50 bits per heavy atom. The van der Waals surface area contributed by atoms with Gasteiger partial charge in [0, 0.05) is 11.4 Å². The minimum atomic E-state index is -1.17. The zero-order valence-electron chi connectivity index (χ0n) is 11.7. The minimum Gasteiger partial charge on any atom is -0.325 e. The topological polar surface area (TPSA) is 58.2 Å². The van der Waals surface area contributed by atoms with Crippen LogP contribution in [0.15, 0.2) is 42.5 Å². The molecule has 2 aromatic carbocycles. The number of fused-ring (bicyclic) bond motifs is 2. The van der Waals surface area contributed by atoms with Crippen LogP contribution >= 0.6 is 0 Å². The molecular formula is C17H13FN2O2. The Morgan fingerprint density at radius 3 is 2.27 bits per heavy atom. The Labute approximate surface area is 126 Å². The zero-order chi connectivity index (χ0) is 15.3. The average Bonchev–Trinajstić information content (AvgIpc) is 2.50. The van der Waals surface area contributed by atoms with Gasteiger partial charge in [-0.2, -0.15) is 0 Å². The van der Waals surface area contributed by atoms with E-state index in [4.69, 9.17) is 0 Å². The number of para-hydroxylation sites is 1. The third kappa shape index (κ3) is 1.75. The van der Waals surface area contributed by atoms with Gasteiger partial charge in [0.2, 0.25) is 11.8 Å². The molecule has 0 radical (unpaired) electrons. The van der Waals surface area contributed by atoms with Crippen molar-refractivity contribution < 1.29 is 14.0 Å². The quantitative estimate of drug-likeness (QED) is 0.734. The van der Waals surface area contributed by atoms with Crippen LogP contribution in [0, 0.1) is 11.2 Å². The molecule has 2 amide bonds. The van der Waals surface area contributed by atoms with Crippen molar-refractivity contribution in [3.05, 3.63) is 59.4 Å². The molecule has 0 aromatic heterocycles. The monoisotopic (exact) mass is 296 g/mol. The summed E-state index contributed by atoms with van der Waals surface area (Å²) in [7, 11) is 0. The van der Waals surface area contributed by atoms with Gasteiger partial charge in [-0.3, -0.25) is 9.59 Å². The molecule has 0 saturated heterocycles. The minimum absolute atomic E-state index is 0.272. The van der Waals surface area contributed by atoms with Crippen LogP contribution in [0.25, 0.3) is 0 Å². The predicted octanol–water partition coefficient (Wildman–Crippen LogP) is 2.50. The molecule has 110 valence electrons. The number of carbonyl (C=O) groups excluding carboxylic acids is 2. The summed E-state index contributed by atoms with van der Waals surface area (Å²) in [5.74, 6) is -1.09. The van der Waals surface area contributed by atoms with E-state index in [1.165, 1.54) is 12.1 Å². The molecule has 2 N–H and O–H groups in total. The van der Waals surface area contributed by atoms with Gasteiger partial charge >= 0.3 is 0 Å². The van der Waals surface area contributed by atoms with Crippen LogP contribution in [-0.4, -0.2) is 11.8 Å². The summed E-state index contributed by atoms with van der Waals surface area (Å²) in [5, 5.41) is 5.50. The number of amides is 2. The van der Waals surface area contributed by atoms with Crippen molar-refractivity contribution >= 4 is 23.2 Å². The molecule has 1 atom stereocenters. The number of carbonyl (C=O) groups is 2. The first-order valence-electron chi connectivity index (χ1n) is 7.08. The lowest BCUT2D eigenvalue weighted by atomic mass is 9.70. The molecule has 4 nitrogen and oxygen atoms in total. The molecule has 5 heteroatoms. The van der Waals surface area contributed by atoms with Gasteiger partial charge < -0.3 is 10.6 Å². The SMILES string of the molecule is O=C1Nc2ccccc2C[C@]12Cc1ccc(F)cc1NC2=O. The molecule has 0 bridgehead atoms. The highest BCUT2D eigenvalue weighted by molar-refractivity contribution is 6.17. The first-order chi connectivity index (χ1) is 10.6. The summed E-state index contributed by atoms with van der Waals surface area (Å²) in [6.07, 6.45) is 0.617. The second-order valence-corrected chi connectivity index (χ2v) is 5.80. The lowest BCUT2D eigenvalue weighted by Gasteiger charge is -2.39. The lowest BCUT2D eigenvalue weighted by molar-refractivity contribution is -0.138. The maximum atomic E-state index is 13.3. The Morgan fingerprint density at radius 1 is 0.864 bits per heavy atom. The van der Waals surface area contributed by atoms with Gasteiger partial charge in [0.15, 0.2) is 0 Å². The van der Waals surface area contributed by atoms with Crippen molar-refractivity contribution in [1.82, 2.24) is 0 Å². The number of hydrogen-bond donors (Lipinski definition) is 2.